The van der Waals surface area contributed by atoms with E-state index in [1.807, 2.05) is 24.3 Å². The number of nitrogens with one attached hydrogen (secondary N) is 2. The molecule has 0 atom stereocenters. The Balaban J connectivity index is 2.03. The zero-order valence-electron chi connectivity index (χ0n) is 11.3. The highest BCUT2D eigenvalue weighted by Gasteiger charge is 2.12. The molecule has 21 heavy (non-hydrogen) atoms. The van der Waals surface area contributed by atoms with Crippen LogP contribution in [0.4, 0.5) is 5.69 Å². The lowest BCUT2D eigenvalue weighted by Crippen LogP contribution is -1.99. The maximum Gasteiger partial charge on any atom is 0.161 e. The van der Waals surface area contributed by atoms with E-state index in [-0.39, 0.29) is 6.54 Å². The van der Waals surface area contributed by atoms with Gasteiger partial charge in [0.1, 0.15) is 30.0 Å². The summed E-state index contributed by atoms with van der Waals surface area (Å²) < 4.78 is 5.40. The van der Waals surface area contributed by atoms with E-state index in [1.54, 1.807) is 13.3 Å². The molecule has 0 aliphatic rings. The number of imidazole rings is 1. The topological polar surface area (TPSA) is 99.5 Å². The number of nitrogens with zero attached hydrogens (tertiary/aromatic N) is 4. The molecule has 0 unspecified atom stereocenters. The third-order valence-electron chi connectivity index (χ3n) is 2.99. The lowest BCUT2D eigenvalue weighted by molar-refractivity contribution is 0.416. The minimum absolute atomic E-state index is 0.239. The number of rotatable bonds is 4. The number of hydrogen-bond donors (Lipinski definition) is 2. The average Bonchev–Trinajstić information content (AvgIpc) is 2.96. The first kappa shape index (κ1) is 12.9. The normalized spacial score (nSPS) is 10.3. The minimum Gasteiger partial charge on any atom is -0.496 e. The number of hydrogen-bond acceptors (Lipinski definition) is 6. The summed E-state index contributed by atoms with van der Waals surface area (Å²) in [5.74, 6) is 1.32. The van der Waals surface area contributed by atoms with E-state index in [0.29, 0.717) is 22.7 Å². The van der Waals surface area contributed by atoms with Gasteiger partial charge in [-0.25, -0.2) is 15.0 Å². The van der Waals surface area contributed by atoms with E-state index in [4.69, 9.17) is 10.00 Å². The third kappa shape index (κ3) is 2.47. The van der Waals surface area contributed by atoms with E-state index < -0.39 is 0 Å². The Morgan fingerprint density at radius 2 is 2.33 bits per heavy atom. The number of methoxy groups -OCH3 is 1. The molecule has 7 nitrogen and oxygen atoms in total. The van der Waals surface area contributed by atoms with Gasteiger partial charge in [-0.05, 0) is 12.1 Å². The molecule has 0 bridgehead atoms. The summed E-state index contributed by atoms with van der Waals surface area (Å²) >= 11 is 0. The van der Waals surface area contributed by atoms with Crippen molar-refractivity contribution in [1.82, 2.24) is 19.9 Å². The average molecular weight is 280 g/mol. The highest BCUT2D eigenvalue weighted by molar-refractivity contribution is 5.78. The fourth-order valence-electron chi connectivity index (χ4n) is 2.03. The number of aromatic amines is 1. The number of aromatic nitrogens is 4. The summed E-state index contributed by atoms with van der Waals surface area (Å²) in [6.45, 7) is 0.239. The van der Waals surface area contributed by atoms with Crippen molar-refractivity contribution in [3.8, 4) is 23.2 Å². The quantitative estimate of drug-likeness (QED) is 0.709. The van der Waals surface area contributed by atoms with Crippen LogP contribution in [0.3, 0.4) is 0 Å². The molecule has 3 aromatic rings. The SMILES string of the molecule is COc1cc(NCC#N)ccc1-c1nc2cncnc2[nH]1. The number of fused-ring (bicyclic) bond motifs is 1. The van der Waals surface area contributed by atoms with Crippen LogP contribution >= 0.6 is 0 Å². The lowest BCUT2D eigenvalue weighted by Gasteiger charge is -2.09. The molecule has 3 rings (SSSR count). The first-order valence-corrected chi connectivity index (χ1v) is 6.27. The Kier molecular flexibility index (Phi) is 3.35. The lowest BCUT2D eigenvalue weighted by atomic mass is 10.1. The van der Waals surface area contributed by atoms with Gasteiger partial charge in [0.05, 0.1) is 24.9 Å². The molecule has 2 N–H and O–H groups in total. The molecule has 2 aromatic heterocycles. The molecule has 0 radical (unpaired) electrons. The van der Waals surface area contributed by atoms with Gasteiger partial charge in [-0.1, -0.05) is 0 Å². The molecule has 0 saturated carbocycles. The standard InChI is InChI=1S/C14H12N6O/c1-21-12-6-9(17-5-4-15)2-3-10(12)13-19-11-7-16-8-18-14(11)20-13/h2-3,6-8,17H,5H2,1H3,(H,16,18,19,20). The third-order valence-corrected chi connectivity index (χ3v) is 2.99. The molecule has 0 aliphatic heterocycles. The van der Waals surface area contributed by atoms with Crippen molar-refractivity contribution >= 4 is 16.9 Å². The van der Waals surface area contributed by atoms with Gasteiger partial charge in [0, 0.05) is 11.8 Å². The van der Waals surface area contributed by atoms with Crippen molar-refractivity contribution in [2.45, 2.75) is 0 Å². The second-order valence-corrected chi connectivity index (χ2v) is 4.27. The van der Waals surface area contributed by atoms with Gasteiger partial charge in [0.2, 0.25) is 0 Å². The predicted octanol–water partition coefficient (Wildman–Crippen LogP) is 1.96. The Bertz CT molecular complexity index is 787. The van der Waals surface area contributed by atoms with E-state index >= 15 is 0 Å². The summed E-state index contributed by atoms with van der Waals surface area (Å²) in [4.78, 5) is 15.7. The van der Waals surface area contributed by atoms with E-state index in [9.17, 15) is 0 Å². The highest BCUT2D eigenvalue weighted by Crippen LogP contribution is 2.31. The predicted molar refractivity (Wildman–Crippen MR) is 77.8 cm³/mol. The van der Waals surface area contributed by atoms with Gasteiger partial charge in [-0.2, -0.15) is 5.26 Å². The molecule has 7 heteroatoms. The summed E-state index contributed by atoms with van der Waals surface area (Å²) in [7, 11) is 1.59. The second-order valence-electron chi connectivity index (χ2n) is 4.27. The van der Waals surface area contributed by atoms with Gasteiger partial charge in [0.25, 0.3) is 0 Å². The summed E-state index contributed by atoms with van der Waals surface area (Å²) in [5.41, 5.74) is 3.00. The summed E-state index contributed by atoms with van der Waals surface area (Å²) in [6, 6.07) is 7.60. The van der Waals surface area contributed by atoms with Crippen LogP contribution in [-0.4, -0.2) is 33.6 Å². The van der Waals surface area contributed by atoms with Crippen molar-refractivity contribution in [2.75, 3.05) is 19.0 Å². The van der Waals surface area contributed by atoms with Gasteiger partial charge in [-0.15, -0.1) is 0 Å². The van der Waals surface area contributed by atoms with Crippen molar-refractivity contribution < 1.29 is 4.74 Å². The number of H-pyrrole nitrogens is 1. The van der Waals surface area contributed by atoms with Crippen LogP contribution in [0.1, 0.15) is 0 Å². The molecule has 0 spiro atoms. The highest BCUT2D eigenvalue weighted by atomic mass is 16.5. The Labute approximate surface area is 120 Å². The number of ether oxygens (including phenoxy) is 1. The summed E-state index contributed by atoms with van der Waals surface area (Å²) in [5, 5.41) is 11.6. The molecule has 0 aliphatic carbocycles. The van der Waals surface area contributed by atoms with Crippen LogP contribution in [0.25, 0.3) is 22.6 Å². The first-order valence-electron chi connectivity index (χ1n) is 6.27. The van der Waals surface area contributed by atoms with Crippen LogP contribution in [0, 0.1) is 11.3 Å². The summed E-state index contributed by atoms with van der Waals surface area (Å²) in [6.07, 6.45) is 3.12. The van der Waals surface area contributed by atoms with Gasteiger partial charge in [-0.3, -0.25) is 0 Å². The van der Waals surface area contributed by atoms with Crippen LogP contribution in [0.5, 0.6) is 5.75 Å². The van der Waals surface area contributed by atoms with Crippen LogP contribution in [-0.2, 0) is 0 Å². The van der Waals surface area contributed by atoms with Crippen molar-refractivity contribution in [1.29, 1.82) is 5.26 Å². The Morgan fingerprint density at radius 1 is 1.43 bits per heavy atom. The van der Waals surface area contributed by atoms with E-state index in [2.05, 4.69) is 25.3 Å². The largest absolute Gasteiger partial charge is 0.496 e. The molecule has 0 fully saturated rings. The molecule has 0 amide bonds. The maximum atomic E-state index is 8.60. The van der Waals surface area contributed by atoms with E-state index in [1.165, 1.54) is 6.33 Å². The van der Waals surface area contributed by atoms with Crippen molar-refractivity contribution in [2.24, 2.45) is 0 Å². The van der Waals surface area contributed by atoms with Gasteiger partial charge >= 0.3 is 0 Å². The van der Waals surface area contributed by atoms with Crippen molar-refractivity contribution in [3.63, 3.8) is 0 Å². The van der Waals surface area contributed by atoms with Gasteiger partial charge in [0.15, 0.2) is 5.65 Å². The Hall–Kier alpha value is -3.14. The molecular weight excluding hydrogens is 268 g/mol. The molecule has 1 aromatic carbocycles. The maximum absolute atomic E-state index is 8.60. The number of benzene rings is 1. The first-order chi connectivity index (χ1) is 10.3. The smallest absolute Gasteiger partial charge is 0.161 e. The second kappa shape index (κ2) is 5.46. The molecule has 0 saturated heterocycles. The zero-order valence-corrected chi connectivity index (χ0v) is 11.3. The molecular formula is C14H12N6O. The van der Waals surface area contributed by atoms with E-state index in [0.717, 1.165) is 11.3 Å². The van der Waals surface area contributed by atoms with Crippen LogP contribution in [0.15, 0.2) is 30.7 Å². The van der Waals surface area contributed by atoms with Crippen LogP contribution in [0.2, 0.25) is 0 Å². The number of nitriles is 1. The fraction of sp³-hybridized carbons (Fsp3) is 0.143. The molecule has 104 valence electrons. The zero-order chi connectivity index (χ0) is 14.7. The van der Waals surface area contributed by atoms with Crippen LogP contribution < -0.4 is 10.1 Å². The monoisotopic (exact) mass is 280 g/mol. The minimum atomic E-state index is 0.239. The fourth-order valence-corrected chi connectivity index (χ4v) is 2.03. The van der Waals surface area contributed by atoms with Gasteiger partial charge < -0.3 is 15.0 Å². The van der Waals surface area contributed by atoms with Crippen molar-refractivity contribution in [3.05, 3.63) is 30.7 Å². The Morgan fingerprint density at radius 3 is 3.10 bits per heavy atom. The molecule has 2 heterocycles. The number of anilines is 1.